The van der Waals surface area contributed by atoms with E-state index >= 15 is 0 Å². The Hall–Kier alpha value is -2.27. The van der Waals surface area contributed by atoms with Gasteiger partial charge < -0.3 is 9.47 Å². The molecule has 1 aliphatic heterocycles. The zero-order chi connectivity index (χ0) is 17.0. The number of ether oxygens (including phenoxy) is 2. The average Bonchev–Trinajstić information content (AvgIpc) is 3.05. The molecule has 1 aromatic carbocycles. The van der Waals surface area contributed by atoms with Crippen LogP contribution >= 0.6 is 0 Å². The molecule has 0 aliphatic carbocycles. The summed E-state index contributed by atoms with van der Waals surface area (Å²) in [7, 11) is 0. The van der Waals surface area contributed by atoms with Crippen molar-refractivity contribution in [2.24, 2.45) is 0 Å². The van der Waals surface area contributed by atoms with Gasteiger partial charge in [-0.1, -0.05) is 12.1 Å². The van der Waals surface area contributed by atoms with Gasteiger partial charge in [-0.3, -0.25) is 4.98 Å². The second-order valence-corrected chi connectivity index (χ2v) is 6.20. The van der Waals surface area contributed by atoms with Crippen molar-refractivity contribution in [3.63, 3.8) is 0 Å². The van der Waals surface area contributed by atoms with E-state index in [2.05, 4.69) is 4.98 Å². The van der Waals surface area contributed by atoms with Crippen LogP contribution in [-0.4, -0.2) is 23.2 Å². The van der Waals surface area contributed by atoms with Crippen LogP contribution in [0, 0.1) is 12.7 Å². The standard InChI is InChI=1S/C19H20FNO3/c1-14-9-16(12-21-11-14)13-23-18(22)19(7-2-8-24-19)10-15-3-5-17(20)6-4-15/h3-6,9,11-12H,2,7-8,10,13H2,1H3. The van der Waals surface area contributed by atoms with E-state index in [0.29, 0.717) is 19.4 Å². The first kappa shape index (κ1) is 16.6. The number of hydrogen-bond acceptors (Lipinski definition) is 4. The van der Waals surface area contributed by atoms with Crippen LogP contribution in [0.2, 0.25) is 0 Å². The molecule has 0 radical (unpaired) electrons. The Bertz CT molecular complexity index is 709. The van der Waals surface area contributed by atoms with Crippen LogP contribution in [0.1, 0.15) is 29.5 Å². The van der Waals surface area contributed by atoms with Crippen molar-refractivity contribution >= 4 is 5.97 Å². The van der Waals surface area contributed by atoms with Gasteiger partial charge in [-0.05, 0) is 49.1 Å². The molecule has 1 unspecified atom stereocenters. The first-order chi connectivity index (χ1) is 11.6. The summed E-state index contributed by atoms with van der Waals surface area (Å²) in [5, 5.41) is 0. The molecule has 4 nitrogen and oxygen atoms in total. The Balaban J connectivity index is 1.69. The molecule has 24 heavy (non-hydrogen) atoms. The van der Waals surface area contributed by atoms with Gasteiger partial charge in [0.15, 0.2) is 5.60 Å². The molecule has 3 rings (SSSR count). The number of hydrogen-bond donors (Lipinski definition) is 0. The predicted molar refractivity (Wildman–Crippen MR) is 86.8 cm³/mol. The molecule has 5 heteroatoms. The second kappa shape index (κ2) is 7.09. The molecule has 1 fully saturated rings. The van der Waals surface area contributed by atoms with Crippen LogP contribution in [0.5, 0.6) is 0 Å². The summed E-state index contributed by atoms with van der Waals surface area (Å²) < 4.78 is 24.3. The third-order valence-electron chi connectivity index (χ3n) is 4.18. The molecule has 1 aliphatic rings. The van der Waals surface area contributed by atoms with Crippen LogP contribution in [0.25, 0.3) is 0 Å². The number of aromatic nitrogens is 1. The van der Waals surface area contributed by atoms with Crippen molar-refractivity contribution in [2.45, 2.75) is 38.4 Å². The minimum Gasteiger partial charge on any atom is -0.459 e. The highest BCUT2D eigenvalue weighted by molar-refractivity contribution is 5.80. The third kappa shape index (κ3) is 3.79. The van der Waals surface area contributed by atoms with Crippen molar-refractivity contribution in [3.05, 3.63) is 65.2 Å². The lowest BCUT2D eigenvalue weighted by atomic mass is 9.91. The fourth-order valence-corrected chi connectivity index (χ4v) is 2.98. The van der Waals surface area contributed by atoms with Gasteiger partial charge >= 0.3 is 5.97 Å². The Labute approximate surface area is 140 Å². The fourth-order valence-electron chi connectivity index (χ4n) is 2.98. The van der Waals surface area contributed by atoms with Crippen LogP contribution < -0.4 is 0 Å². The summed E-state index contributed by atoms with van der Waals surface area (Å²) in [4.78, 5) is 16.8. The predicted octanol–water partition coefficient (Wildman–Crippen LogP) is 3.36. The molecular weight excluding hydrogens is 309 g/mol. The maximum Gasteiger partial charge on any atom is 0.339 e. The van der Waals surface area contributed by atoms with E-state index in [0.717, 1.165) is 23.1 Å². The third-order valence-corrected chi connectivity index (χ3v) is 4.18. The van der Waals surface area contributed by atoms with Crippen LogP contribution in [0.4, 0.5) is 4.39 Å². The molecule has 1 atom stereocenters. The maximum absolute atomic E-state index is 13.1. The molecule has 1 saturated heterocycles. The smallest absolute Gasteiger partial charge is 0.339 e. The van der Waals surface area contributed by atoms with E-state index in [4.69, 9.17) is 9.47 Å². The van der Waals surface area contributed by atoms with Gasteiger partial charge in [0.2, 0.25) is 0 Å². The molecule has 0 saturated carbocycles. The van der Waals surface area contributed by atoms with Gasteiger partial charge in [-0.15, -0.1) is 0 Å². The SMILES string of the molecule is Cc1cncc(COC(=O)C2(Cc3ccc(F)cc3)CCCO2)c1. The van der Waals surface area contributed by atoms with Crippen LogP contribution in [-0.2, 0) is 27.3 Å². The Morgan fingerprint density at radius 3 is 2.75 bits per heavy atom. The lowest BCUT2D eigenvalue weighted by Crippen LogP contribution is -2.41. The molecule has 2 heterocycles. The monoisotopic (exact) mass is 329 g/mol. The summed E-state index contributed by atoms with van der Waals surface area (Å²) in [6.45, 7) is 2.64. The van der Waals surface area contributed by atoms with E-state index in [1.165, 1.54) is 12.1 Å². The number of pyridine rings is 1. The van der Waals surface area contributed by atoms with Crippen molar-refractivity contribution < 1.29 is 18.7 Å². The Kier molecular flexibility index (Phi) is 4.90. The largest absolute Gasteiger partial charge is 0.459 e. The highest BCUT2D eigenvalue weighted by atomic mass is 19.1. The van der Waals surface area contributed by atoms with Gasteiger partial charge in [-0.2, -0.15) is 0 Å². The van der Waals surface area contributed by atoms with E-state index in [1.807, 2.05) is 13.0 Å². The molecule has 1 aromatic heterocycles. The van der Waals surface area contributed by atoms with Crippen molar-refractivity contribution in [1.29, 1.82) is 0 Å². The summed E-state index contributed by atoms with van der Waals surface area (Å²) in [6.07, 6.45) is 5.24. The van der Waals surface area contributed by atoms with Gasteiger partial charge in [0, 0.05) is 31.0 Å². The number of benzene rings is 1. The first-order valence-corrected chi connectivity index (χ1v) is 8.04. The van der Waals surface area contributed by atoms with Gasteiger partial charge in [0.05, 0.1) is 0 Å². The maximum atomic E-state index is 13.1. The summed E-state index contributed by atoms with van der Waals surface area (Å²) in [6, 6.07) is 8.07. The molecule has 0 spiro atoms. The van der Waals surface area contributed by atoms with E-state index in [9.17, 15) is 9.18 Å². The highest BCUT2D eigenvalue weighted by Gasteiger charge is 2.44. The lowest BCUT2D eigenvalue weighted by molar-refractivity contribution is -0.168. The molecule has 0 bridgehead atoms. The molecule has 2 aromatic rings. The van der Waals surface area contributed by atoms with E-state index in [-0.39, 0.29) is 18.4 Å². The number of esters is 1. The van der Waals surface area contributed by atoms with E-state index < -0.39 is 5.60 Å². The molecular formula is C19H20FNO3. The summed E-state index contributed by atoms with van der Waals surface area (Å²) >= 11 is 0. The van der Waals surface area contributed by atoms with Gasteiger partial charge in [0.1, 0.15) is 12.4 Å². The summed E-state index contributed by atoms with van der Waals surface area (Å²) in [5.41, 5.74) is 1.74. The van der Waals surface area contributed by atoms with Crippen molar-refractivity contribution in [2.75, 3.05) is 6.61 Å². The number of aryl methyl sites for hydroxylation is 1. The highest BCUT2D eigenvalue weighted by Crippen LogP contribution is 2.31. The van der Waals surface area contributed by atoms with Crippen molar-refractivity contribution in [1.82, 2.24) is 4.98 Å². The lowest BCUT2D eigenvalue weighted by Gasteiger charge is -2.26. The van der Waals surface area contributed by atoms with Gasteiger partial charge in [-0.25, -0.2) is 9.18 Å². The number of carbonyl (C=O) groups excluding carboxylic acids is 1. The molecule has 126 valence electrons. The minimum absolute atomic E-state index is 0.169. The molecule has 0 amide bonds. The Morgan fingerprint density at radius 2 is 2.08 bits per heavy atom. The second-order valence-electron chi connectivity index (χ2n) is 6.20. The quantitative estimate of drug-likeness (QED) is 0.789. The first-order valence-electron chi connectivity index (χ1n) is 8.04. The summed E-state index contributed by atoms with van der Waals surface area (Å²) in [5.74, 6) is -0.666. The zero-order valence-corrected chi connectivity index (χ0v) is 13.6. The van der Waals surface area contributed by atoms with Gasteiger partial charge in [0.25, 0.3) is 0 Å². The number of rotatable bonds is 5. The number of carbonyl (C=O) groups is 1. The average molecular weight is 329 g/mol. The van der Waals surface area contributed by atoms with E-state index in [1.54, 1.807) is 24.5 Å². The van der Waals surface area contributed by atoms with Crippen LogP contribution in [0.15, 0.2) is 42.7 Å². The van der Waals surface area contributed by atoms with Crippen molar-refractivity contribution in [3.8, 4) is 0 Å². The minimum atomic E-state index is -0.977. The Morgan fingerprint density at radius 1 is 1.29 bits per heavy atom. The fraction of sp³-hybridized carbons (Fsp3) is 0.368. The number of halogens is 1. The molecule has 0 N–H and O–H groups in total. The van der Waals surface area contributed by atoms with Crippen LogP contribution in [0.3, 0.4) is 0 Å². The normalized spacial score (nSPS) is 20.1. The zero-order valence-electron chi connectivity index (χ0n) is 13.6. The number of nitrogens with zero attached hydrogens (tertiary/aromatic N) is 1. The topological polar surface area (TPSA) is 48.4 Å².